The summed E-state index contributed by atoms with van der Waals surface area (Å²) in [6.07, 6.45) is 10.2. The predicted molar refractivity (Wildman–Crippen MR) is 77.0 cm³/mol. The second kappa shape index (κ2) is 7.10. The number of thioether (sulfide) groups is 1. The second-order valence-corrected chi connectivity index (χ2v) is 6.37. The Hall–Kier alpha value is -0.610. The molecule has 0 saturated heterocycles. The van der Waals surface area contributed by atoms with Crippen LogP contribution in [0.1, 0.15) is 44.6 Å². The lowest BCUT2D eigenvalue weighted by molar-refractivity contribution is 0.381. The summed E-state index contributed by atoms with van der Waals surface area (Å²) in [5.74, 6) is 0. The summed E-state index contributed by atoms with van der Waals surface area (Å²) in [5.41, 5.74) is 1.13. The van der Waals surface area contributed by atoms with E-state index in [0.29, 0.717) is 11.3 Å². The van der Waals surface area contributed by atoms with Crippen LogP contribution < -0.4 is 5.32 Å². The Bertz CT molecular complexity index is 353. The van der Waals surface area contributed by atoms with Crippen LogP contribution in [-0.4, -0.2) is 27.8 Å². The molecule has 3 nitrogen and oxygen atoms in total. The Balaban J connectivity index is 1.83. The van der Waals surface area contributed by atoms with Crippen LogP contribution in [-0.2, 0) is 0 Å². The molecular weight excluding hydrogens is 242 g/mol. The fourth-order valence-corrected chi connectivity index (χ4v) is 3.51. The third kappa shape index (κ3) is 4.25. The zero-order chi connectivity index (χ0) is 12.8. The first-order valence-electron chi connectivity index (χ1n) is 6.96. The van der Waals surface area contributed by atoms with E-state index in [1.54, 1.807) is 0 Å². The smallest absolute Gasteiger partial charge is 0.187 e. The molecular formula is C14H23N3S. The Labute approximate surface area is 114 Å². The molecule has 4 heteroatoms. The van der Waals surface area contributed by atoms with Crippen molar-refractivity contribution in [2.75, 3.05) is 6.54 Å². The van der Waals surface area contributed by atoms with Crippen LogP contribution in [0.3, 0.4) is 0 Å². The maximum atomic E-state index is 4.39. The quantitative estimate of drug-likeness (QED) is 0.830. The van der Waals surface area contributed by atoms with E-state index in [4.69, 9.17) is 0 Å². The zero-order valence-electron chi connectivity index (χ0n) is 11.4. The molecule has 1 N–H and O–H groups in total. The van der Waals surface area contributed by atoms with Gasteiger partial charge in [0, 0.05) is 23.7 Å². The summed E-state index contributed by atoms with van der Waals surface area (Å²) in [7, 11) is 0. The third-order valence-electron chi connectivity index (χ3n) is 3.34. The van der Waals surface area contributed by atoms with Gasteiger partial charge in [0.1, 0.15) is 0 Å². The maximum Gasteiger partial charge on any atom is 0.187 e. The molecule has 1 heterocycles. The number of rotatable bonds is 5. The molecule has 2 rings (SSSR count). The molecule has 1 fully saturated rings. The molecule has 0 radical (unpaired) electrons. The zero-order valence-corrected chi connectivity index (χ0v) is 12.2. The van der Waals surface area contributed by atoms with Crippen molar-refractivity contribution in [3.63, 3.8) is 0 Å². The predicted octanol–water partition coefficient (Wildman–Crippen LogP) is 3.19. The van der Waals surface area contributed by atoms with E-state index in [1.165, 1.54) is 32.1 Å². The van der Waals surface area contributed by atoms with Gasteiger partial charge in [-0.1, -0.05) is 25.1 Å². The monoisotopic (exact) mass is 265 g/mol. The van der Waals surface area contributed by atoms with Crippen LogP contribution in [0.15, 0.2) is 17.6 Å². The van der Waals surface area contributed by atoms with Crippen molar-refractivity contribution < 1.29 is 0 Å². The van der Waals surface area contributed by atoms with Crippen molar-refractivity contribution in [3.05, 3.63) is 18.0 Å². The Morgan fingerprint density at radius 3 is 2.83 bits per heavy atom. The summed E-state index contributed by atoms with van der Waals surface area (Å²) in [5, 5.41) is 5.25. The number of hydrogen-bond acceptors (Lipinski definition) is 4. The number of nitrogens with one attached hydrogen (secondary N) is 1. The van der Waals surface area contributed by atoms with Crippen LogP contribution in [0.2, 0.25) is 0 Å². The minimum absolute atomic E-state index is 0.677. The van der Waals surface area contributed by atoms with Gasteiger partial charge in [-0.25, -0.2) is 9.97 Å². The highest BCUT2D eigenvalue weighted by Gasteiger charge is 2.22. The number of aromatic nitrogens is 2. The highest BCUT2D eigenvalue weighted by Crippen LogP contribution is 2.31. The molecule has 0 bridgehead atoms. The molecule has 0 aromatic carbocycles. The molecule has 0 aliphatic heterocycles. The molecule has 100 valence electrons. The fraction of sp³-hybridized carbons (Fsp3) is 0.714. The van der Waals surface area contributed by atoms with Crippen molar-refractivity contribution in [2.24, 2.45) is 0 Å². The first-order valence-corrected chi connectivity index (χ1v) is 7.84. The summed E-state index contributed by atoms with van der Waals surface area (Å²) in [6, 6.07) is 0.696. The molecule has 0 spiro atoms. The van der Waals surface area contributed by atoms with Gasteiger partial charge in [0.15, 0.2) is 5.16 Å². The third-order valence-corrected chi connectivity index (χ3v) is 4.52. The normalized spacial score (nSPS) is 24.1. The van der Waals surface area contributed by atoms with Crippen molar-refractivity contribution in [1.29, 1.82) is 0 Å². The van der Waals surface area contributed by atoms with Crippen molar-refractivity contribution in [2.45, 2.75) is 62.4 Å². The van der Waals surface area contributed by atoms with E-state index in [-0.39, 0.29) is 0 Å². The molecule has 18 heavy (non-hydrogen) atoms. The minimum Gasteiger partial charge on any atom is -0.314 e. The summed E-state index contributed by atoms with van der Waals surface area (Å²) < 4.78 is 0. The topological polar surface area (TPSA) is 37.8 Å². The number of nitrogens with zero attached hydrogens (tertiary/aromatic N) is 2. The Morgan fingerprint density at radius 2 is 2.11 bits per heavy atom. The average Bonchev–Trinajstić information content (AvgIpc) is 2.40. The highest BCUT2D eigenvalue weighted by atomic mass is 32.2. The average molecular weight is 265 g/mol. The van der Waals surface area contributed by atoms with Crippen LogP contribution in [0, 0.1) is 6.92 Å². The van der Waals surface area contributed by atoms with E-state index < -0.39 is 0 Å². The van der Waals surface area contributed by atoms with Gasteiger partial charge in [-0.2, -0.15) is 0 Å². The van der Waals surface area contributed by atoms with Crippen LogP contribution in [0.25, 0.3) is 0 Å². The fourth-order valence-electron chi connectivity index (χ4n) is 2.38. The van der Waals surface area contributed by atoms with E-state index in [9.17, 15) is 0 Å². The minimum atomic E-state index is 0.677. The van der Waals surface area contributed by atoms with Crippen LogP contribution >= 0.6 is 11.8 Å². The lowest BCUT2D eigenvalue weighted by Gasteiger charge is -2.29. The molecule has 2 unspecified atom stereocenters. The molecule has 1 saturated carbocycles. The van der Waals surface area contributed by atoms with Gasteiger partial charge in [-0.05, 0) is 44.7 Å². The first-order chi connectivity index (χ1) is 8.78. The Kier molecular flexibility index (Phi) is 5.45. The number of aryl methyl sites for hydroxylation is 1. The molecule has 1 aromatic heterocycles. The molecule has 1 aromatic rings. The standard InChI is InChI=1S/C14H23N3S/c1-3-7-15-12-5-4-6-13(8-12)18-14-16-9-11(2)10-17-14/h9-10,12-13,15H,3-8H2,1-2H3. The van der Waals surface area contributed by atoms with Gasteiger partial charge in [0.2, 0.25) is 0 Å². The highest BCUT2D eigenvalue weighted by molar-refractivity contribution is 7.99. The molecule has 1 aliphatic rings. The largest absolute Gasteiger partial charge is 0.314 e. The van der Waals surface area contributed by atoms with E-state index in [1.807, 2.05) is 31.1 Å². The molecule has 1 aliphatic carbocycles. The van der Waals surface area contributed by atoms with Crippen molar-refractivity contribution in [1.82, 2.24) is 15.3 Å². The Morgan fingerprint density at radius 1 is 1.33 bits per heavy atom. The maximum absolute atomic E-state index is 4.39. The van der Waals surface area contributed by atoms with E-state index >= 15 is 0 Å². The molecule has 2 atom stereocenters. The summed E-state index contributed by atoms with van der Waals surface area (Å²) in [6.45, 7) is 5.39. The van der Waals surface area contributed by atoms with Gasteiger partial charge in [0.25, 0.3) is 0 Å². The van der Waals surface area contributed by atoms with Crippen LogP contribution in [0.5, 0.6) is 0 Å². The van der Waals surface area contributed by atoms with Gasteiger partial charge in [-0.3, -0.25) is 0 Å². The van der Waals surface area contributed by atoms with Gasteiger partial charge in [0.05, 0.1) is 0 Å². The van der Waals surface area contributed by atoms with Crippen molar-refractivity contribution in [3.8, 4) is 0 Å². The second-order valence-electron chi connectivity index (χ2n) is 5.10. The first kappa shape index (κ1) is 13.8. The number of hydrogen-bond donors (Lipinski definition) is 1. The SMILES string of the molecule is CCCNC1CCCC(Sc2ncc(C)cn2)C1. The van der Waals surface area contributed by atoms with Gasteiger partial charge in [-0.15, -0.1) is 0 Å². The molecule has 0 amide bonds. The van der Waals surface area contributed by atoms with E-state index in [2.05, 4.69) is 22.2 Å². The van der Waals surface area contributed by atoms with Gasteiger partial charge < -0.3 is 5.32 Å². The van der Waals surface area contributed by atoms with Crippen LogP contribution in [0.4, 0.5) is 0 Å². The summed E-state index contributed by atoms with van der Waals surface area (Å²) in [4.78, 5) is 8.78. The van der Waals surface area contributed by atoms with E-state index in [0.717, 1.165) is 17.3 Å². The van der Waals surface area contributed by atoms with Gasteiger partial charge >= 0.3 is 0 Å². The lowest BCUT2D eigenvalue weighted by atomic mass is 9.95. The lowest BCUT2D eigenvalue weighted by Crippen LogP contribution is -2.35. The summed E-state index contributed by atoms with van der Waals surface area (Å²) >= 11 is 1.85. The van der Waals surface area contributed by atoms with Crippen molar-refractivity contribution >= 4 is 11.8 Å².